The fourth-order valence-electron chi connectivity index (χ4n) is 2.21. The van der Waals surface area contributed by atoms with Crippen LogP contribution in [-0.2, 0) is 4.79 Å². The van der Waals surface area contributed by atoms with Crippen LogP contribution in [0.1, 0.15) is 37.0 Å². The average Bonchev–Trinajstić information content (AvgIpc) is 2.62. The van der Waals surface area contributed by atoms with Gasteiger partial charge < -0.3 is 14.9 Å². The molecule has 0 aliphatic carbocycles. The minimum absolute atomic E-state index is 0.0893. The highest BCUT2D eigenvalue weighted by Crippen LogP contribution is 2.21. The van der Waals surface area contributed by atoms with Gasteiger partial charge in [-0.2, -0.15) is 5.10 Å². The van der Waals surface area contributed by atoms with E-state index in [2.05, 4.69) is 10.5 Å². The number of nitrogens with zero attached hydrogens (tertiary/aromatic N) is 1. The molecule has 1 amide bonds. The number of hydrogen-bond donors (Lipinski definition) is 3. The van der Waals surface area contributed by atoms with Crippen molar-refractivity contribution in [2.75, 3.05) is 6.61 Å². The molecule has 25 heavy (non-hydrogen) atoms. The number of rotatable bonds is 8. The minimum Gasteiger partial charge on any atom is -0.507 e. The van der Waals surface area contributed by atoms with E-state index < -0.39 is 6.10 Å². The van der Waals surface area contributed by atoms with Gasteiger partial charge in [-0.15, -0.1) is 0 Å². The number of phenols is 1. The third-order valence-electron chi connectivity index (χ3n) is 3.55. The molecule has 0 saturated heterocycles. The smallest absolute Gasteiger partial charge is 0.240 e. The van der Waals surface area contributed by atoms with Crippen molar-refractivity contribution in [3.63, 3.8) is 0 Å². The molecule has 0 heterocycles. The number of carbonyl (C=O) groups excluding carboxylic acids is 1. The number of benzene rings is 2. The Kier molecular flexibility index (Phi) is 6.98. The van der Waals surface area contributed by atoms with Crippen LogP contribution in [0.4, 0.5) is 0 Å². The Bertz CT molecular complexity index is 714. The van der Waals surface area contributed by atoms with Crippen molar-refractivity contribution in [1.82, 2.24) is 5.43 Å². The number of ether oxygens (including phenoxy) is 1. The maximum Gasteiger partial charge on any atom is 0.240 e. The molecule has 3 N–H and O–H groups in total. The lowest BCUT2D eigenvalue weighted by Gasteiger charge is -2.11. The summed E-state index contributed by atoms with van der Waals surface area (Å²) in [6.45, 7) is 2.49. The maximum atomic E-state index is 11.8. The molecule has 6 nitrogen and oxygen atoms in total. The van der Waals surface area contributed by atoms with Crippen LogP contribution in [0.2, 0.25) is 0 Å². The lowest BCUT2D eigenvalue weighted by molar-refractivity contribution is -0.121. The Morgan fingerprint density at radius 2 is 1.96 bits per heavy atom. The van der Waals surface area contributed by atoms with Crippen LogP contribution < -0.4 is 10.2 Å². The zero-order valence-corrected chi connectivity index (χ0v) is 14.1. The first-order chi connectivity index (χ1) is 12.1. The monoisotopic (exact) mass is 342 g/mol. The molecule has 0 aromatic heterocycles. The standard InChI is InChI=1S/C19H22N2O4/c1-2-25-16-9-7-14(8-10-16)18(23)11-12-19(24)21-20-13-15-5-3-4-6-17(15)22/h3-10,13,18,22-23H,2,11-12H2,1H3,(H,21,24)/b20-13-/t18-/m0/s1. The van der Waals surface area contributed by atoms with Crippen LogP contribution in [0, 0.1) is 0 Å². The molecule has 6 heteroatoms. The van der Waals surface area contributed by atoms with Gasteiger partial charge in [0.05, 0.1) is 18.9 Å². The van der Waals surface area contributed by atoms with E-state index in [-0.39, 0.29) is 24.5 Å². The maximum absolute atomic E-state index is 11.8. The molecule has 0 spiro atoms. The highest BCUT2D eigenvalue weighted by Gasteiger charge is 2.10. The molecule has 0 aliphatic heterocycles. The van der Waals surface area contributed by atoms with Gasteiger partial charge in [0.2, 0.25) is 5.91 Å². The summed E-state index contributed by atoms with van der Waals surface area (Å²) in [4.78, 5) is 11.8. The average molecular weight is 342 g/mol. The number of aliphatic hydroxyl groups excluding tert-OH is 1. The predicted octanol–water partition coefficient (Wildman–Crippen LogP) is 2.75. The van der Waals surface area contributed by atoms with E-state index in [1.165, 1.54) is 12.3 Å². The Morgan fingerprint density at radius 1 is 1.24 bits per heavy atom. The van der Waals surface area contributed by atoms with Crippen molar-refractivity contribution >= 4 is 12.1 Å². The highest BCUT2D eigenvalue weighted by molar-refractivity contribution is 5.84. The number of hydrogen-bond acceptors (Lipinski definition) is 5. The number of amides is 1. The fourth-order valence-corrected chi connectivity index (χ4v) is 2.21. The lowest BCUT2D eigenvalue weighted by Crippen LogP contribution is -2.18. The summed E-state index contributed by atoms with van der Waals surface area (Å²) in [7, 11) is 0. The van der Waals surface area contributed by atoms with E-state index in [1.807, 2.05) is 6.92 Å². The van der Waals surface area contributed by atoms with Crippen molar-refractivity contribution in [3.05, 3.63) is 59.7 Å². The second-order valence-corrected chi connectivity index (χ2v) is 5.41. The molecular weight excluding hydrogens is 320 g/mol. The third kappa shape index (κ3) is 5.93. The van der Waals surface area contributed by atoms with E-state index in [1.54, 1.807) is 42.5 Å². The lowest BCUT2D eigenvalue weighted by atomic mass is 10.0. The van der Waals surface area contributed by atoms with Gasteiger partial charge in [-0.1, -0.05) is 24.3 Å². The topological polar surface area (TPSA) is 91.2 Å². The van der Waals surface area contributed by atoms with Gasteiger partial charge in [0.15, 0.2) is 0 Å². The fraction of sp³-hybridized carbons (Fsp3) is 0.263. The summed E-state index contributed by atoms with van der Waals surface area (Å²) in [5.74, 6) is 0.526. The quantitative estimate of drug-likeness (QED) is 0.508. The first-order valence-electron chi connectivity index (χ1n) is 8.11. The number of aromatic hydroxyl groups is 1. The zero-order chi connectivity index (χ0) is 18.1. The summed E-state index contributed by atoms with van der Waals surface area (Å²) in [6.07, 6.45) is 1.05. The number of aliphatic hydroxyl groups is 1. The Hall–Kier alpha value is -2.86. The van der Waals surface area contributed by atoms with Gasteiger partial charge in [-0.25, -0.2) is 5.43 Å². The van der Waals surface area contributed by atoms with Gasteiger partial charge in [-0.3, -0.25) is 4.79 Å². The molecule has 0 radical (unpaired) electrons. The molecule has 2 aromatic carbocycles. The number of carbonyl (C=O) groups is 1. The number of para-hydroxylation sites is 1. The van der Waals surface area contributed by atoms with Crippen LogP contribution in [0.25, 0.3) is 0 Å². The van der Waals surface area contributed by atoms with Crippen LogP contribution in [0.15, 0.2) is 53.6 Å². The van der Waals surface area contributed by atoms with E-state index in [0.29, 0.717) is 12.2 Å². The minimum atomic E-state index is -0.733. The van der Waals surface area contributed by atoms with Gasteiger partial charge >= 0.3 is 0 Å². The summed E-state index contributed by atoms with van der Waals surface area (Å²) >= 11 is 0. The van der Waals surface area contributed by atoms with Crippen molar-refractivity contribution in [3.8, 4) is 11.5 Å². The second kappa shape index (κ2) is 9.44. The van der Waals surface area contributed by atoms with Gasteiger partial charge in [0, 0.05) is 12.0 Å². The first-order valence-corrected chi connectivity index (χ1v) is 8.11. The van der Waals surface area contributed by atoms with Crippen molar-refractivity contribution in [2.45, 2.75) is 25.9 Å². The SMILES string of the molecule is CCOc1ccc([C@@H](O)CCC(=O)N/N=C\c2ccccc2O)cc1. The van der Waals surface area contributed by atoms with Crippen LogP contribution in [-0.4, -0.2) is 28.9 Å². The number of phenolic OH excluding ortho intramolecular Hbond substituents is 1. The van der Waals surface area contributed by atoms with E-state index in [9.17, 15) is 15.0 Å². The Balaban J connectivity index is 1.78. The van der Waals surface area contributed by atoms with Gasteiger partial charge in [-0.05, 0) is 43.2 Å². The summed E-state index contributed by atoms with van der Waals surface area (Å²) in [5.41, 5.74) is 3.62. The molecule has 0 saturated carbocycles. The van der Waals surface area contributed by atoms with E-state index in [0.717, 1.165) is 11.3 Å². The van der Waals surface area contributed by atoms with E-state index >= 15 is 0 Å². The molecule has 0 aliphatic rings. The molecule has 0 bridgehead atoms. The van der Waals surface area contributed by atoms with Crippen molar-refractivity contribution in [2.24, 2.45) is 5.10 Å². The molecule has 0 unspecified atom stereocenters. The Labute approximate surface area is 146 Å². The first kappa shape index (κ1) is 18.5. The van der Waals surface area contributed by atoms with Crippen LogP contribution in [0.3, 0.4) is 0 Å². The van der Waals surface area contributed by atoms with E-state index in [4.69, 9.17) is 4.74 Å². The third-order valence-corrected chi connectivity index (χ3v) is 3.55. The molecule has 2 rings (SSSR count). The van der Waals surface area contributed by atoms with Crippen LogP contribution in [0.5, 0.6) is 11.5 Å². The summed E-state index contributed by atoms with van der Waals surface area (Å²) in [5, 5.41) is 23.5. The summed E-state index contributed by atoms with van der Waals surface area (Å²) in [6, 6.07) is 13.8. The highest BCUT2D eigenvalue weighted by atomic mass is 16.5. The molecule has 2 aromatic rings. The number of nitrogens with one attached hydrogen (secondary N) is 1. The van der Waals surface area contributed by atoms with Gasteiger partial charge in [0.1, 0.15) is 11.5 Å². The van der Waals surface area contributed by atoms with Crippen LogP contribution >= 0.6 is 0 Å². The molecule has 1 atom stereocenters. The number of hydrazone groups is 1. The van der Waals surface area contributed by atoms with Crippen molar-refractivity contribution in [1.29, 1.82) is 0 Å². The zero-order valence-electron chi connectivity index (χ0n) is 14.1. The molecule has 132 valence electrons. The molecular formula is C19H22N2O4. The normalized spacial score (nSPS) is 12.1. The predicted molar refractivity (Wildman–Crippen MR) is 95.6 cm³/mol. The largest absolute Gasteiger partial charge is 0.507 e. The Morgan fingerprint density at radius 3 is 2.64 bits per heavy atom. The van der Waals surface area contributed by atoms with Crippen molar-refractivity contribution < 1.29 is 19.7 Å². The second-order valence-electron chi connectivity index (χ2n) is 5.41. The summed E-state index contributed by atoms with van der Waals surface area (Å²) < 4.78 is 5.35. The molecule has 0 fully saturated rings. The van der Waals surface area contributed by atoms with Gasteiger partial charge in [0.25, 0.3) is 0 Å².